The molecule has 0 bridgehead atoms. The molecule has 2 heterocycles. The minimum Gasteiger partial charge on any atom is -0.347 e. The first-order valence-electron chi connectivity index (χ1n) is 6.66. The Bertz CT molecular complexity index is 382. The Kier molecular flexibility index (Phi) is 4.01. The van der Waals surface area contributed by atoms with Crippen LogP contribution in [0.5, 0.6) is 0 Å². The third kappa shape index (κ3) is 2.72. The first-order valence-corrected chi connectivity index (χ1v) is 6.66. The number of piperidine rings is 1. The highest BCUT2D eigenvalue weighted by Crippen LogP contribution is 2.29. The number of carbonyl (C=O) groups excluding carboxylic acids is 1. The van der Waals surface area contributed by atoms with Crippen molar-refractivity contribution in [3.63, 3.8) is 0 Å². The number of aromatic nitrogens is 2. The van der Waals surface area contributed by atoms with Crippen LogP contribution in [0.15, 0.2) is 12.4 Å². The zero-order valence-corrected chi connectivity index (χ0v) is 11.1. The van der Waals surface area contributed by atoms with Gasteiger partial charge < -0.3 is 15.6 Å². The van der Waals surface area contributed by atoms with E-state index in [9.17, 15) is 4.79 Å². The van der Waals surface area contributed by atoms with E-state index in [1.54, 1.807) is 12.4 Å². The van der Waals surface area contributed by atoms with E-state index < -0.39 is 0 Å². The highest BCUT2D eigenvalue weighted by molar-refractivity contribution is 5.82. The average Bonchev–Trinajstić information content (AvgIpc) is 2.90. The molecule has 1 aromatic heterocycles. The number of nitrogens with one attached hydrogen (secondary N) is 3. The van der Waals surface area contributed by atoms with E-state index in [2.05, 4.69) is 34.4 Å². The number of H-pyrrole nitrogens is 1. The van der Waals surface area contributed by atoms with Crippen LogP contribution in [0, 0.1) is 5.41 Å². The molecule has 18 heavy (non-hydrogen) atoms. The van der Waals surface area contributed by atoms with Crippen molar-refractivity contribution in [1.29, 1.82) is 0 Å². The first kappa shape index (κ1) is 13.1. The van der Waals surface area contributed by atoms with Crippen molar-refractivity contribution < 1.29 is 4.79 Å². The minimum absolute atomic E-state index is 0.0146. The van der Waals surface area contributed by atoms with Gasteiger partial charge in [-0.25, -0.2) is 4.98 Å². The van der Waals surface area contributed by atoms with Crippen LogP contribution in [0.3, 0.4) is 0 Å². The van der Waals surface area contributed by atoms with Gasteiger partial charge >= 0.3 is 0 Å². The summed E-state index contributed by atoms with van der Waals surface area (Å²) in [5.41, 5.74) is -0.245. The van der Waals surface area contributed by atoms with E-state index in [4.69, 9.17) is 0 Å². The van der Waals surface area contributed by atoms with E-state index in [0.717, 1.165) is 38.2 Å². The van der Waals surface area contributed by atoms with Crippen molar-refractivity contribution >= 4 is 5.91 Å². The summed E-state index contributed by atoms with van der Waals surface area (Å²) >= 11 is 0. The summed E-state index contributed by atoms with van der Waals surface area (Å²) in [5.74, 6) is 0.982. The van der Waals surface area contributed by atoms with Gasteiger partial charge in [-0.05, 0) is 32.4 Å². The molecule has 1 atom stereocenters. The maximum atomic E-state index is 12.4. The maximum Gasteiger partial charge on any atom is 0.226 e. The third-order valence-corrected chi connectivity index (χ3v) is 3.82. The lowest BCUT2D eigenvalue weighted by Crippen LogP contribution is -2.46. The molecule has 1 fully saturated rings. The van der Waals surface area contributed by atoms with Crippen molar-refractivity contribution in [3.05, 3.63) is 18.2 Å². The lowest BCUT2D eigenvalue weighted by Gasteiger charge is -2.33. The topological polar surface area (TPSA) is 69.8 Å². The van der Waals surface area contributed by atoms with Crippen LogP contribution < -0.4 is 10.6 Å². The molecule has 0 saturated carbocycles. The highest BCUT2D eigenvalue weighted by atomic mass is 16.2. The fourth-order valence-electron chi connectivity index (χ4n) is 2.37. The summed E-state index contributed by atoms with van der Waals surface area (Å²) in [5, 5.41) is 6.41. The van der Waals surface area contributed by atoms with Crippen LogP contribution in [0.2, 0.25) is 0 Å². The number of hydrogen-bond donors (Lipinski definition) is 3. The molecule has 1 amide bonds. The second kappa shape index (κ2) is 5.52. The summed E-state index contributed by atoms with van der Waals surface area (Å²) in [6.07, 6.45) is 6.14. The molecule has 3 N–H and O–H groups in total. The maximum absolute atomic E-state index is 12.4. The van der Waals surface area contributed by atoms with Gasteiger partial charge in [0.2, 0.25) is 5.91 Å². The molecule has 1 aromatic rings. The molecule has 1 saturated heterocycles. The van der Waals surface area contributed by atoms with E-state index in [0.29, 0.717) is 0 Å². The van der Waals surface area contributed by atoms with Gasteiger partial charge in [0.1, 0.15) is 5.82 Å². The predicted octanol–water partition coefficient (Wildman–Crippen LogP) is 1.37. The molecular weight excluding hydrogens is 228 g/mol. The number of hydrogen-bond acceptors (Lipinski definition) is 3. The number of imidazole rings is 1. The predicted molar refractivity (Wildman–Crippen MR) is 70.0 cm³/mol. The Balaban J connectivity index is 2.01. The van der Waals surface area contributed by atoms with E-state index in [1.165, 1.54) is 0 Å². The normalized spacial score (nSPS) is 20.3. The van der Waals surface area contributed by atoms with Gasteiger partial charge in [-0.15, -0.1) is 0 Å². The summed E-state index contributed by atoms with van der Waals surface area (Å²) < 4.78 is 0. The molecule has 0 aromatic carbocycles. The first-order chi connectivity index (χ1) is 8.65. The standard InChI is InChI=1S/C13H22N4O/c1-3-10(11-15-8-9-16-11)17-12(18)13(2)4-6-14-7-5-13/h8-10,14H,3-7H2,1-2H3,(H,15,16)(H,17,18). The van der Waals surface area contributed by atoms with Gasteiger partial charge in [0.15, 0.2) is 0 Å². The number of rotatable bonds is 4. The Morgan fingerprint density at radius 2 is 2.28 bits per heavy atom. The van der Waals surface area contributed by atoms with Gasteiger partial charge in [-0.2, -0.15) is 0 Å². The number of amides is 1. The molecule has 1 aliphatic heterocycles. The van der Waals surface area contributed by atoms with Crippen molar-refractivity contribution in [3.8, 4) is 0 Å². The highest BCUT2D eigenvalue weighted by Gasteiger charge is 2.35. The SMILES string of the molecule is CCC(NC(=O)C1(C)CCNCC1)c1ncc[nH]1. The summed E-state index contributed by atoms with van der Waals surface area (Å²) in [4.78, 5) is 19.7. The minimum atomic E-state index is -0.245. The molecule has 0 radical (unpaired) electrons. The Morgan fingerprint density at radius 3 is 2.83 bits per heavy atom. The summed E-state index contributed by atoms with van der Waals surface area (Å²) in [6.45, 7) is 5.94. The van der Waals surface area contributed by atoms with Crippen molar-refractivity contribution in [2.45, 2.75) is 39.2 Å². The van der Waals surface area contributed by atoms with E-state index in [-0.39, 0.29) is 17.4 Å². The quantitative estimate of drug-likeness (QED) is 0.756. The fourth-order valence-corrected chi connectivity index (χ4v) is 2.37. The Hall–Kier alpha value is -1.36. The van der Waals surface area contributed by atoms with E-state index in [1.807, 2.05) is 0 Å². The van der Waals surface area contributed by atoms with Crippen molar-refractivity contribution in [1.82, 2.24) is 20.6 Å². The Labute approximate surface area is 108 Å². The van der Waals surface area contributed by atoms with Crippen molar-refractivity contribution in [2.75, 3.05) is 13.1 Å². The van der Waals surface area contributed by atoms with Gasteiger partial charge in [0.05, 0.1) is 6.04 Å². The Morgan fingerprint density at radius 1 is 1.56 bits per heavy atom. The molecule has 0 aliphatic carbocycles. The largest absolute Gasteiger partial charge is 0.347 e. The lowest BCUT2D eigenvalue weighted by molar-refractivity contribution is -0.132. The molecule has 0 spiro atoms. The monoisotopic (exact) mass is 250 g/mol. The second-order valence-electron chi connectivity index (χ2n) is 5.22. The average molecular weight is 250 g/mol. The summed E-state index contributed by atoms with van der Waals surface area (Å²) in [6, 6.07) is -0.0146. The van der Waals surface area contributed by atoms with Gasteiger partial charge in [0, 0.05) is 17.8 Å². The smallest absolute Gasteiger partial charge is 0.226 e. The molecule has 2 rings (SSSR count). The van der Waals surface area contributed by atoms with Gasteiger partial charge in [-0.1, -0.05) is 13.8 Å². The van der Waals surface area contributed by atoms with Gasteiger partial charge in [-0.3, -0.25) is 4.79 Å². The molecular formula is C13H22N4O. The van der Waals surface area contributed by atoms with Crippen LogP contribution in [0.25, 0.3) is 0 Å². The number of aromatic amines is 1. The molecule has 100 valence electrons. The summed E-state index contributed by atoms with van der Waals surface area (Å²) in [7, 11) is 0. The third-order valence-electron chi connectivity index (χ3n) is 3.82. The van der Waals surface area contributed by atoms with Crippen molar-refractivity contribution in [2.24, 2.45) is 5.41 Å². The molecule has 1 unspecified atom stereocenters. The second-order valence-corrected chi connectivity index (χ2v) is 5.22. The number of carbonyl (C=O) groups is 1. The molecule has 1 aliphatic rings. The fraction of sp³-hybridized carbons (Fsp3) is 0.692. The van der Waals surface area contributed by atoms with Crippen LogP contribution in [0.1, 0.15) is 45.0 Å². The van der Waals surface area contributed by atoms with Crippen LogP contribution in [-0.4, -0.2) is 29.0 Å². The molecule has 5 heteroatoms. The van der Waals surface area contributed by atoms with Gasteiger partial charge in [0.25, 0.3) is 0 Å². The van der Waals surface area contributed by atoms with Crippen LogP contribution >= 0.6 is 0 Å². The van der Waals surface area contributed by atoms with E-state index >= 15 is 0 Å². The van der Waals surface area contributed by atoms with Crippen LogP contribution in [0.4, 0.5) is 0 Å². The van der Waals surface area contributed by atoms with Crippen LogP contribution in [-0.2, 0) is 4.79 Å². The number of nitrogens with zero attached hydrogens (tertiary/aromatic N) is 1. The zero-order valence-electron chi connectivity index (χ0n) is 11.1. The zero-order chi connectivity index (χ0) is 13.0. The molecule has 5 nitrogen and oxygen atoms in total. The lowest BCUT2D eigenvalue weighted by atomic mass is 9.80.